The molecule has 1 aromatic rings. The molecule has 0 fully saturated rings. The molecule has 1 rings (SSSR count). The number of halogens is 5. The minimum absolute atomic E-state index is 0.0378. The number of anilines is 1. The molecule has 0 aliphatic heterocycles. The number of nitrogens with one attached hydrogen (secondary N) is 1. The zero-order valence-electron chi connectivity index (χ0n) is 7.03. The van der Waals surface area contributed by atoms with E-state index in [9.17, 15) is 18.0 Å². The van der Waals surface area contributed by atoms with Gasteiger partial charge in [-0.25, -0.2) is 0 Å². The second-order valence-corrected chi connectivity index (χ2v) is 3.90. The Kier molecular flexibility index (Phi) is 3.62. The van der Waals surface area contributed by atoms with Gasteiger partial charge in [0.1, 0.15) is 0 Å². The van der Waals surface area contributed by atoms with Crippen molar-refractivity contribution in [2.24, 2.45) is 0 Å². The molecule has 0 saturated heterocycles. The predicted octanol–water partition coefficient (Wildman–Crippen LogP) is 3.60. The lowest BCUT2D eigenvalue weighted by Crippen LogP contribution is -2.30. The molecule has 0 atom stereocenters. The first-order valence-corrected chi connectivity index (χ1v) is 4.81. The van der Waals surface area contributed by atoms with E-state index in [0.29, 0.717) is 4.47 Å². The average molecular weight is 302 g/mol. The Balaban J connectivity index is 2.90. The van der Waals surface area contributed by atoms with E-state index in [0.717, 1.165) is 0 Å². The number of alkyl halides is 3. The van der Waals surface area contributed by atoms with Gasteiger partial charge in [0.15, 0.2) is 0 Å². The normalized spacial score (nSPS) is 11.3. The summed E-state index contributed by atoms with van der Waals surface area (Å²) in [6, 6.07) is 4.20. The van der Waals surface area contributed by atoms with Gasteiger partial charge >= 0.3 is 12.1 Å². The second kappa shape index (κ2) is 4.40. The van der Waals surface area contributed by atoms with Gasteiger partial charge in [0.05, 0.1) is 10.7 Å². The highest BCUT2D eigenvalue weighted by molar-refractivity contribution is 9.10. The topological polar surface area (TPSA) is 29.1 Å². The zero-order chi connectivity index (χ0) is 11.6. The van der Waals surface area contributed by atoms with E-state index in [1.807, 2.05) is 0 Å². The Morgan fingerprint density at radius 2 is 2.00 bits per heavy atom. The van der Waals surface area contributed by atoms with E-state index in [1.165, 1.54) is 12.1 Å². The summed E-state index contributed by atoms with van der Waals surface area (Å²) >= 11 is 8.63. The Bertz CT molecular complexity index is 394. The highest BCUT2D eigenvalue weighted by Gasteiger charge is 2.38. The van der Waals surface area contributed by atoms with Gasteiger partial charge < -0.3 is 5.32 Å². The van der Waals surface area contributed by atoms with Crippen LogP contribution in [0.15, 0.2) is 22.7 Å². The van der Waals surface area contributed by atoms with Crippen molar-refractivity contribution in [3.8, 4) is 0 Å². The van der Waals surface area contributed by atoms with Gasteiger partial charge in [0.2, 0.25) is 0 Å². The van der Waals surface area contributed by atoms with Crippen LogP contribution in [0.1, 0.15) is 0 Å². The summed E-state index contributed by atoms with van der Waals surface area (Å²) in [6.45, 7) is 0. The van der Waals surface area contributed by atoms with Crippen LogP contribution in [0.5, 0.6) is 0 Å². The highest BCUT2D eigenvalue weighted by atomic mass is 79.9. The zero-order valence-corrected chi connectivity index (χ0v) is 9.37. The van der Waals surface area contributed by atoms with Crippen molar-refractivity contribution >= 4 is 39.1 Å². The smallest absolute Gasteiger partial charge is 0.317 e. The van der Waals surface area contributed by atoms with E-state index < -0.39 is 12.1 Å². The first-order valence-electron chi connectivity index (χ1n) is 3.64. The van der Waals surface area contributed by atoms with Gasteiger partial charge in [-0.1, -0.05) is 27.5 Å². The minimum Gasteiger partial charge on any atom is -0.317 e. The van der Waals surface area contributed by atoms with Crippen LogP contribution in [0.3, 0.4) is 0 Å². The Morgan fingerprint density at radius 3 is 2.53 bits per heavy atom. The maximum Gasteiger partial charge on any atom is 0.471 e. The molecule has 0 unspecified atom stereocenters. The summed E-state index contributed by atoms with van der Waals surface area (Å²) in [5.41, 5.74) is -0.0895. The Labute approximate surface area is 96.5 Å². The Morgan fingerprint density at radius 1 is 1.40 bits per heavy atom. The fourth-order valence-electron chi connectivity index (χ4n) is 0.786. The van der Waals surface area contributed by atoms with Gasteiger partial charge in [-0.15, -0.1) is 0 Å². The van der Waals surface area contributed by atoms with E-state index in [-0.39, 0.29) is 10.7 Å². The van der Waals surface area contributed by atoms with E-state index >= 15 is 0 Å². The van der Waals surface area contributed by atoms with Crippen LogP contribution < -0.4 is 5.32 Å². The molecule has 0 spiro atoms. The second-order valence-electron chi connectivity index (χ2n) is 2.58. The first kappa shape index (κ1) is 12.3. The maximum absolute atomic E-state index is 11.9. The summed E-state index contributed by atoms with van der Waals surface area (Å²) in [4.78, 5) is 10.6. The monoisotopic (exact) mass is 301 g/mol. The Hall–Kier alpha value is -0.750. The van der Waals surface area contributed by atoms with Crippen LogP contribution in [-0.2, 0) is 4.79 Å². The molecule has 1 amide bonds. The predicted molar refractivity (Wildman–Crippen MR) is 53.8 cm³/mol. The van der Waals surface area contributed by atoms with Crippen LogP contribution in [0, 0.1) is 0 Å². The minimum atomic E-state index is -4.92. The van der Waals surface area contributed by atoms with Gasteiger partial charge in [0.25, 0.3) is 0 Å². The third kappa shape index (κ3) is 3.39. The van der Waals surface area contributed by atoms with Crippen LogP contribution in [0.25, 0.3) is 0 Å². The van der Waals surface area contributed by atoms with Crippen molar-refractivity contribution in [2.45, 2.75) is 6.18 Å². The van der Waals surface area contributed by atoms with Crippen LogP contribution in [0.2, 0.25) is 5.02 Å². The molecule has 0 heterocycles. The molecule has 0 aliphatic carbocycles. The molecule has 0 aromatic heterocycles. The summed E-state index contributed by atoms with van der Waals surface area (Å²) in [7, 11) is 0. The molecule has 0 bridgehead atoms. The van der Waals surface area contributed by atoms with Crippen molar-refractivity contribution < 1.29 is 18.0 Å². The summed E-state index contributed by atoms with van der Waals surface area (Å²) in [5, 5.41) is 1.70. The van der Waals surface area contributed by atoms with Crippen LogP contribution in [0.4, 0.5) is 18.9 Å². The molecule has 82 valence electrons. The number of amides is 1. The number of benzene rings is 1. The average Bonchev–Trinajstić information content (AvgIpc) is 2.09. The summed E-state index contributed by atoms with van der Waals surface area (Å²) in [5.74, 6) is -2.05. The molecular weight excluding hydrogens is 298 g/mol. The van der Waals surface area contributed by atoms with Gasteiger partial charge in [-0.2, -0.15) is 13.2 Å². The molecular formula is C8H4BrClF3NO. The lowest BCUT2D eigenvalue weighted by Gasteiger charge is -2.09. The van der Waals surface area contributed by atoms with Crippen molar-refractivity contribution in [1.82, 2.24) is 0 Å². The molecule has 0 radical (unpaired) electrons. The van der Waals surface area contributed by atoms with Gasteiger partial charge in [-0.3, -0.25) is 4.79 Å². The van der Waals surface area contributed by atoms with Gasteiger partial charge in [-0.05, 0) is 18.2 Å². The lowest BCUT2D eigenvalue weighted by molar-refractivity contribution is -0.167. The SMILES string of the molecule is O=C(Nc1cc(Br)ccc1Cl)C(F)(F)F. The van der Waals surface area contributed by atoms with E-state index in [4.69, 9.17) is 11.6 Å². The van der Waals surface area contributed by atoms with Crippen molar-refractivity contribution in [3.63, 3.8) is 0 Å². The standard InChI is InChI=1S/C8H4BrClF3NO/c9-4-1-2-5(10)6(3-4)14-7(15)8(11,12)13/h1-3H,(H,14,15). The van der Waals surface area contributed by atoms with Crippen molar-refractivity contribution in [3.05, 3.63) is 27.7 Å². The summed E-state index contributed by atoms with van der Waals surface area (Å²) < 4.78 is 36.2. The number of carbonyl (C=O) groups is 1. The third-order valence-corrected chi connectivity index (χ3v) is 2.26. The lowest BCUT2D eigenvalue weighted by atomic mass is 10.3. The van der Waals surface area contributed by atoms with Gasteiger partial charge in [0, 0.05) is 4.47 Å². The highest BCUT2D eigenvalue weighted by Crippen LogP contribution is 2.27. The van der Waals surface area contributed by atoms with Crippen LogP contribution >= 0.6 is 27.5 Å². The first-order chi connectivity index (χ1) is 6.80. The molecule has 0 aliphatic rings. The van der Waals surface area contributed by atoms with E-state index in [2.05, 4.69) is 15.9 Å². The van der Waals surface area contributed by atoms with E-state index in [1.54, 1.807) is 11.4 Å². The number of hydrogen-bond acceptors (Lipinski definition) is 1. The number of rotatable bonds is 1. The molecule has 7 heteroatoms. The molecule has 0 saturated carbocycles. The number of hydrogen-bond donors (Lipinski definition) is 1. The molecule has 1 N–H and O–H groups in total. The fourth-order valence-corrected chi connectivity index (χ4v) is 1.31. The van der Waals surface area contributed by atoms with Crippen LogP contribution in [-0.4, -0.2) is 12.1 Å². The fraction of sp³-hybridized carbons (Fsp3) is 0.125. The summed E-state index contributed by atoms with van der Waals surface area (Å²) in [6.07, 6.45) is -4.92. The molecule has 1 aromatic carbocycles. The quantitative estimate of drug-likeness (QED) is 0.843. The largest absolute Gasteiger partial charge is 0.471 e. The van der Waals surface area contributed by atoms with Crippen molar-refractivity contribution in [1.29, 1.82) is 0 Å². The molecule has 15 heavy (non-hydrogen) atoms. The maximum atomic E-state index is 11.9. The van der Waals surface area contributed by atoms with Crippen molar-refractivity contribution in [2.75, 3.05) is 5.32 Å². The molecule has 2 nitrogen and oxygen atoms in total. The third-order valence-electron chi connectivity index (χ3n) is 1.43. The number of carbonyl (C=O) groups excluding carboxylic acids is 1.